The fraction of sp³-hybridized carbons (Fsp3) is 0.111. The van der Waals surface area contributed by atoms with E-state index in [2.05, 4.69) is 35.8 Å². The average molecular weight is 716 g/mol. The van der Waals surface area contributed by atoms with Crippen LogP contribution in [0.15, 0.2) is 97.2 Å². The smallest absolute Gasteiger partial charge is 0.306 e. The molecule has 3 aromatic carbocycles. The maximum atomic E-state index is 12.1. The van der Waals surface area contributed by atoms with E-state index in [4.69, 9.17) is 31.8 Å². The Morgan fingerprint density at radius 2 is 1.35 bits per heavy atom. The zero-order valence-electron chi connectivity index (χ0n) is 24.2. The quantitative estimate of drug-likeness (QED) is 0.0891. The van der Waals surface area contributed by atoms with E-state index in [0.29, 0.717) is 11.4 Å². The molecule has 1 aliphatic rings. The number of carbonyl (C=O) groups is 2. The van der Waals surface area contributed by atoms with E-state index in [1.165, 1.54) is 24.3 Å². The Balaban J connectivity index is 0.000000900. The maximum absolute atomic E-state index is 12.1. The van der Waals surface area contributed by atoms with Crippen molar-refractivity contribution in [2.24, 2.45) is 25.6 Å². The van der Waals surface area contributed by atoms with E-state index < -0.39 is 49.1 Å². The van der Waals surface area contributed by atoms with Crippen molar-refractivity contribution in [2.45, 2.75) is 24.3 Å². The number of ketones is 1. The van der Waals surface area contributed by atoms with E-state index >= 15 is 0 Å². The number of Topliss-reactive ketones (excluding diaryl/α,β-unsaturated/α-hetero) is 1. The molecule has 48 heavy (non-hydrogen) atoms. The molecule has 1 fully saturated rings. The number of rotatable bonds is 7. The molecule has 18 nitrogen and oxygen atoms in total. The van der Waals surface area contributed by atoms with Crippen molar-refractivity contribution in [3.63, 3.8) is 0 Å². The summed E-state index contributed by atoms with van der Waals surface area (Å²) in [6.07, 6.45) is 3.11. The molecule has 0 saturated carbocycles. The van der Waals surface area contributed by atoms with Crippen molar-refractivity contribution in [3.05, 3.63) is 94.9 Å². The number of benzene rings is 3. The first-order chi connectivity index (χ1) is 22.6. The first kappa shape index (κ1) is 38.2. The highest BCUT2D eigenvalue weighted by molar-refractivity contribution is 7.86. The Kier molecular flexibility index (Phi) is 14.5. The van der Waals surface area contributed by atoms with Crippen LogP contribution in [-0.4, -0.2) is 61.8 Å². The van der Waals surface area contributed by atoms with Gasteiger partial charge in [0.2, 0.25) is 6.04 Å². The molecule has 248 valence electrons. The number of nitrogens with one attached hydrogen (secondary N) is 1. The monoisotopic (exact) mass is 715 g/mol. The molecular weight excluding hydrogens is 695 g/mol. The Bertz CT molecular complexity index is 2120. The minimum atomic E-state index is -4.53. The first-order valence-electron chi connectivity index (χ1n) is 12.7. The molecule has 0 radical (unpaired) electrons. The van der Waals surface area contributed by atoms with Gasteiger partial charge in [0.1, 0.15) is 10.00 Å². The summed E-state index contributed by atoms with van der Waals surface area (Å²) in [6.45, 7) is 8.65. The molecule has 2 N–H and O–H groups in total. The van der Waals surface area contributed by atoms with Crippen molar-refractivity contribution in [1.82, 2.24) is 5.32 Å². The van der Waals surface area contributed by atoms with Crippen molar-refractivity contribution < 1.29 is 47.8 Å². The summed E-state index contributed by atoms with van der Waals surface area (Å²) in [5.41, 5.74) is 3.20. The van der Waals surface area contributed by atoms with Gasteiger partial charge in [-0.15, -0.1) is 30.2 Å². The Hall–Kier alpha value is -5.95. The average Bonchev–Trinajstić information content (AvgIpc) is 2.99. The highest BCUT2D eigenvalue weighted by atomic mass is 32.2. The molecule has 1 unspecified atom stereocenters. The van der Waals surface area contributed by atoms with Crippen molar-refractivity contribution >= 4 is 78.1 Å². The molecule has 1 aliphatic heterocycles. The van der Waals surface area contributed by atoms with Crippen LogP contribution >= 0.6 is 0 Å². The molecule has 0 aliphatic carbocycles. The third kappa shape index (κ3) is 13.6. The zero-order valence-corrected chi connectivity index (χ0v) is 26.7. The normalized spacial score (nSPS) is 15.3. The van der Waals surface area contributed by atoms with Crippen molar-refractivity contribution in [1.29, 1.82) is 0 Å². The number of hydrogen-bond donors (Lipinski definition) is 2. The van der Waals surface area contributed by atoms with Gasteiger partial charge in [-0.1, -0.05) is 48.0 Å². The Morgan fingerprint density at radius 1 is 0.833 bits per heavy atom. The molecule has 3 aromatic rings. The fourth-order valence-electron chi connectivity index (χ4n) is 3.54. The fourth-order valence-corrected chi connectivity index (χ4v) is 4.24. The van der Waals surface area contributed by atoms with Crippen molar-refractivity contribution in [3.8, 4) is 0 Å². The number of amidine groups is 1. The molecule has 1 saturated heterocycles. The lowest BCUT2D eigenvalue weighted by atomic mass is 10.1. The molecule has 4 rings (SSSR count). The summed E-state index contributed by atoms with van der Waals surface area (Å²) >= 11 is 0. The van der Waals surface area contributed by atoms with E-state index in [-0.39, 0.29) is 28.4 Å². The van der Waals surface area contributed by atoms with E-state index in [1.807, 2.05) is 31.2 Å². The van der Waals surface area contributed by atoms with Crippen LogP contribution in [0.2, 0.25) is 0 Å². The highest BCUT2D eigenvalue weighted by Gasteiger charge is 2.34. The summed E-state index contributed by atoms with van der Waals surface area (Å²) in [5.74, 6) is -1.27. The van der Waals surface area contributed by atoms with Crippen LogP contribution in [0.4, 0.5) is 17.1 Å². The van der Waals surface area contributed by atoms with Crippen LogP contribution in [0, 0.1) is 13.5 Å². The topological polar surface area (TPSA) is 269 Å². The van der Waals surface area contributed by atoms with Crippen LogP contribution in [-0.2, 0) is 40.9 Å². The minimum Gasteiger partial charge on any atom is -0.306 e. The second kappa shape index (κ2) is 18.3. The van der Waals surface area contributed by atoms with Gasteiger partial charge in [-0.2, -0.15) is 35.4 Å². The van der Waals surface area contributed by atoms with Gasteiger partial charge in [0.15, 0.2) is 11.6 Å². The van der Waals surface area contributed by atoms with Gasteiger partial charge in [-0.25, -0.2) is 0 Å². The van der Waals surface area contributed by atoms with Gasteiger partial charge in [0.05, 0.1) is 23.5 Å². The second-order valence-corrected chi connectivity index (χ2v) is 11.2. The van der Waals surface area contributed by atoms with E-state index in [0.717, 1.165) is 11.1 Å². The number of hydrogen-bond acceptors (Lipinski definition) is 15. The van der Waals surface area contributed by atoms with Gasteiger partial charge in [-0.05, 0) is 54.4 Å². The maximum Gasteiger partial charge on any atom is 0.425 e. The van der Waals surface area contributed by atoms with Gasteiger partial charge >= 0.3 is 21.2 Å². The van der Waals surface area contributed by atoms with Crippen LogP contribution in [0.1, 0.15) is 23.1 Å². The van der Waals surface area contributed by atoms with Gasteiger partial charge < -0.3 is 5.32 Å². The lowest BCUT2D eigenvalue weighted by Crippen LogP contribution is -2.48. The first-order valence-corrected chi connectivity index (χ1v) is 16.1. The molecule has 0 bridgehead atoms. The number of aryl methyl sites for hydroxylation is 1. The van der Waals surface area contributed by atoms with Gasteiger partial charge in [0, 0.05) is 0 Å². The second-order valence-electron chi connectivity index (χ2n) is 8.96. The lowest BCUT2D eigenvalue weighted by molar-refractivity contribution is -0.130. The molecule has 1 heterocycles. The summed E-state index contributed by atoms with van der Waals surface area (Å²) < 4.78 is 84.4. The summed E-state index contributed by atoms with van der Waals surface area (Å²) in [6, 6.07) is 16.8. The number of nitrogens with zero attached hydrogens (tertiary/aromatic N) is 6. The van der Waals surface area contributed by atoms with E-state index in [9.17, 15) is 22.6 Å². The van der Waals surface area contributed by atoms with Crippen LogP contribution in [0.5, 0.6) is 0 Å². The predicted octanol–water partition coefficient (Wildman–Crippen LogP) is 3.59. The molecule has 0 aromatic heterocycles. The Morgan fingerprint density at radius 3 is 1.88 bits per heavy atom. The third-order valence-electron chi connectivity index (χ3n) is 5.56. The molecule has 0 spiro atoms. The lowest BCUT2D eigenvalue weighted by Gasteiger charge is -2.15. The van der Waals surface area contributed by atoms with Crippen LogP contribution in [0.3, 0.4) is 0 Å². The number of azo groups is 2. The summed E-state index contributed by atoms with van der Waals surface area (Å²) in [4.78, 5) is 26.7. The zero-order chi connectivity index (χ0) is 35.9. The minimum absolute atomic E-state index is 0.0248. The van der Waals surface area contributed by atoms with Crippen molar-refractivity contribution in [2.75, 3.05) is 0 Å². The number of carbonyl (C=O) groups excluding carboxylic acids is 2. The van der Waals surface area contributed by atoms with Gasteiger partial charge in [-0.3, -0.25) is 14.1 Å². The van der Waals surface area contributed by atoms with E-state index in [1.54, 1.807) is 30.4 Å². The third-order valence-corrected chi connectivity index (χ3v) is 6.47. The van der Waals surface area contributed by atoms with Gasteiger partial charge in [0.25, 0.3) is 16.0 Å². The molecule has 1 atom stereocenters. The molecule has 1 amide bonds. The van der Waals surface area contributed by atoms with Crippen LogP contribution in [0.25, 0.3) is 17.1 Å². The summed E-state index contributed by atoms with van der Waals surface area (Å²) in [7, 11) is -10.8. The molecular formula is C27H21N7O11S3. The Labute approximate surface area is 275 Å². The highest BCUT2D eigenvalue weighted by Crippen LogP contribution is 2.27. The predicted molar refractivity (Wildman–Crippen MR) is 166 cm³/mol. The summed E-state index contributed by atoms with van der Waals surface area (Å²) in [5, 5.41) is 21.5. The standard InChI is InChI=1S/C27H21N7O5S.2O3S/c1-17-3-5-18(6-4-17)7-8-19-9-10-22(15-24(19)40(37,38)39)32-30-20-11-13-21(14-12-20)31-34-26-23(35)16-25(33-28-2)29-27(26)36;2*1-4(2)3/h3-15,26H,16H2,1H3,(H,29,33,36)(H,37,38,39);;/b8-7+,32-30?,34-31?;;. The molecule has 21 heteroatoms. The number of piperidine rings is 1. The van der Waals surface area contributed by atoms with Crippen LogP contribution < -0.4 is 5.32 Å². The number of amides is 1. The largest absolute Gasteiger partial charge is 0.425 e. The SMILES string of the molecule is O=S(=O)=O.O=S(=O)=O.[C-]#[N+]N=C1CC(=O)C(N=Nc2ccc(N=Nc3ccc(/C=C/c4ccc(C)cc4)c(S(=O)(=O)O)c3)cc2)C(=O)N1.